The predicted molar refractivity (Wildman–Crippen MR) is 85.2 cm³/mol. The van der Waals surface area contributed by atoms with Gasteiger partial charge in [0.1, 0.15) is 16.7 Å². The van der Waals surface area contributed by atoms with Crippen LogP contribution in [0.15, 0.2) is 5.03 Å². The lowest BCUT2D eigenvalue weighted by Gasteiger charge is -2.14. The third kappa shape index (κ3) is 5.01. The molecule has 0 radical (unpaired) electrons. The maximum atomic E-state index is 4.72. The van der Waals surface area contributed by atoms with Gasteiger partial charge in [0.2, 0.25) is 0 Å². The molecule has 1 aromatic heterocycles. The van der Waals surface area contributed by atoms with Crippen molar-refractivity contribution in [2.45, 2.75) is 58.9 Å². The van der Waals surface area contributed by atoms with E-state index in [-0.39, 0.29) is 0 Å². The first-order valence-corrected chi connectivity index (χ1v) is 8.19. The van der Waals surface area contributed by atoms with Crippen LogP contribution in [0.4, 0.5) is 5.82 Å². The molecular formula is C15H27N3S. The second-order valence-corrected chi connectivity index (χ2v) is 6.66. The molecule has 0 bridgehead atoms. The number of nitrogens with one attached hydrogen (secondary N) is 1. The Hall–Kier alpha value is -0.770. The predicted octanol–water partition coefficient (Wildman–Crippen LogP) is 4.48. The van der Waals surface area contributed by atoms with Gasteiger partial charge in [-0.3, -0.25) is 0 Å². The van der Waals surface area contributed by atoms with Crippen LogP contribution in [0.3, 0.4) is 0 Å². The highest BCUT2D eigenvalue weighted by atomic mass is 32.2. The number of hydrogen-bond donors (Lipinski definition) is 1. The molecule has 4 heteroatoms. The summed E-state index contributed by atoms with van der Waals surface area (Å²) in [4.78, 5) is 9.35. The Bertz CT molecular complexity index is 403. The van der Waals surface area contributed by atoms with Gasteiger partial charge in [-0.15, -0.1) is 11.8 Å². The van der Waals surface area contributed by atoms with Gasteiger partial charge in [0.05, 0.1) is 0 Å². The zero-order valence-electron chi connectivity index (χ0n) is 13.1. The summed E-state index contributed by atoms with van der Waals surface area (Å²) < 4.78 is 0. The summed E-state index contributed by atoms with van der Waals surface area (Å²) in [5.41, 5.74) is 1.18. The van der Waals surface area contributed by atoms with E-state index in [0.29, 0.717) is 5.92 Å². The largest absolute Gasteiger partial charge is 0.370 e. The zero-order chi connectivity index (χ0) is 14.4. The lowest BCUT2D eigenvalue weighted by molar-refractivity contribution is 0.631. The number of thioether (sulfide) groups is 1. The molecular weight excluding hydrogens is 254 g/mol. The molecule has 1 heterocycles. The molecule has 0 saturated carbocycles. The second kappa shape index (κ2) is 7.73. The van der Waals surface area contributed by atoms with Crippen molar-refractivity contribution in [3.8, 4) is 0 Å². The third-order valence-electron chi connectivity index (χ3n) is 2.91. The Morgan fingerprint density at radius 1 is 1.16 bits per heavy atom. The van der Waals surface area contributed by atoms with E-state index in [9.17, 15) is 0 Å². The highest BCUT2D eigenvalue weighted by molar-refractivity contribution is 7.99. The molecule has 0 saturated heterocycles. The molecule has 0 aliphatic rings. The van der Waals surface area contributed by atoms with E-state index in [4.69, 9.17) is 4.98 Å². The van der Waals surface area contributed by atoms with Gasteiger partial charge < -0.3 is 5.32 Å². The Morgan fingerprint density at radius 2 is 1.84 bits per heavy atom. The minimum Gasteiger partial charge on any atom is -0.370 e. The van der Waals surface area contributed by atoms with Crippen LogP contribution < -0.4 is 5.32 Å². The average molecular weight is 281 g/mol. The molecule has 3 nitrogen and oxygen atoms in total. The molecule has 0 atom stereocenters. The molecule has 0 amide bonds. The molecule has 0 aromatic carbocycles. The van der Waals surface area contributed by atoms with Crippen LogP contribution in [0, 0.1) is 12.8 Å². The van der Waals surface area contributed by atoms with Crippen molar-refractivity contribution >= 4 is 17.6 Å². The van der Waals surface area contributed by atoms with Crippen LogP contribution in [0.2, 0.25) is 0 Å². The highest BCUT2D eigenvalue weighted by Gasteiger charge is 2.13. The van der Waals surface area contributed by atoms with Gasteiger partial charge in [-0.05, 0) is 31.9 Å². The van der Waals surface area contributed by atoms with Crippen molar-refractivity contribution in [3.63, 3.8) is 0 Å². The van der Waals surface area contributed by atoms with Gasteiger partial charge in [0.25, 0.3) is 0 Å². The van der Waals surface area contributed by atoms with E-state index in [1.165, 1.54) is 12.0 Å². The maximum absolute atomic E-state index is 4.72. The lowest BCUT2D eigenvalue weighted by atomic mass is 10.2. The monoisotopic (exact) mass is 281 g/mol. The van der Waals surface area contributed by atoms with Crippen LogP contribution in [-0.4, -0.2) is 22.3 Å². The fourth-order valence-electron chi connectivity index (χ4n) is 1.64. The molecule has 1 aromatic rings. The Morgan fingerprint density at radius 3 is 2.37 bits per heavy atom. The summed E-state index contributed by atoms with van der Waals surface area (Å²) in [6.07, 6.45) is 1.22. The molecule has 0 aliphatic heterocycles. The zero-order valence-corrected chi connectivity index (χ0v) is 13.9. The average Bonchev–Trinajstić information content (AvgIpc) is 2.33. The van der Waals surface area contributed by atoms with E-state index < -0.39 is 0 Å². The van der Waals surface area contributed by atoms with E-state index >= 15 is 0 Å². The SMILES string of the molecule is CCNc1nc(C(C)C)nc(SCCC(C)C)c1C. The summed E-state index contributed by atoms with van der Waals surface area (Å²) >= 11 is 1.86. The first-order chi connectivity index (χ1) is 8.95. The molecule has 0 aliphatic carbocycles. The van der Waals surface area contributed by atoms with Crippen molar-refractivity contribution in [2.24, 2.45) is 5.92 Å². The van der Waals surface area contributed by atoms with Crippen LogP contribution in [0.25, 0.3) is 0 Å². The number of aromatic nitrogens is 2. The van der Waals surface area contributed by atoms with E-state index in [0.717, 1.165) is 34.9 Å². The van der Waals surface area contributed by atoms with Gasteiger partial charge in [0.15, 0.2) is 0 Å². The molecule has 108 valence electrons. The first kappa shape index (κ1) is 16.3. The van der Waals surface area contributed by atoms with Gasteiger partial charge in [0, 0.05) is 18.0 Å². The molecule has 1 rings (SSSR count). The fourth-order valence-corrected chi connectivity index (χ4v) is 2.90. The smallest absolute Gasteiger partial charge is 0.134 e. The summed E-state index contributed by atoms with van der Waals surface area (Å²) in [6.45, 7) is 13.9. The minimum atomic E-state index is 0.363. The summed E-state index contributed by atoms with van der Waals surface area (Å²) in [7, 11) is 0. The highest BCUT2D eigenvalue weighted by Crippen LogP contribution is 2.28. The van der Waals surface area contributed by atoms with E-state index in [2.05, 4.69) is 51.8 Å². The van der Waals surface area contributed by atoms with Crippen molar-refractivity contribution in [2.75, 3.05) is 17.6 Å². The number of nitrogens with zero attached hydrogens (tertiary/aromatic N) is 2. The summed E-state index contributed by atoms with van der Waals surface area (Å²) in [5.74, 6) is 4.16. The molecule has 0 spiro atoms. The maximum Gasteiger partial charge on any atom is 0.134 e. The Kier molecular flexibility index (Phi) is 6.63. The van der Waals surface area contributed by atoms with Crippen molar-refractivity contribution in [1.82, 2.24) is 9.97 Å². The number of hydrogen-bond acceptors (Lipinski definition) is 4. The van der Waals surface area contributed by atoms with E-state index in [1.54, 1.807) is 0 Å². The normalized spacial score (nSPS) is 11.4. The van der Waals surface area contributed by atoms with Crippen LogP contribution in [0.5, 0.6) is 0 Å². The number of rotatable bonds is 7. The first-order valence-electron chi connectivity index (χ1n) is 7.20. The van der Waals surface area contributed by atoms with Gasteiger partial charge in [-0.1, -0.05) is 27.7 Å². The van der Waals surface area contributed by atoms with Gasteiger partial charge in [-0.2, -0.15) is 0 Å². The minimum absolute atomic E-state index is 0.363. The molecule has 19 heavy (non-hydrogen) atoms. The molecule has 0 fully saturated rings. The van der Waals surface area contributed by atoms with Gasteiger partial charge in [-0.25, -0.2) is 9.97 Å². The third-order valence-corrected chi connectivity index (χ3v) is 4.02. The van der Waals surface area contributed by atoms with Gasteiger partial charge >= 0.3 is 0 Å². The van der Waals surface area contributed by atoms with Crippen molar-refractivity contribution in [1.29, 1.82) is 0 Å². The van der Waals surface area contributed by atoms with Crippen LogP contribution >= 0.6 is 11.8 Å². The second-order valence-electron chi connectivity index (χ2n) is 5.58. The molecule has 0 unspecified atom stereocenters. The lowest BCUT2D eigenvalue weighted by Crippen LogP contribution is -2.08. The summed E-state index contributed by atoms with van der Waals surface area (Å²) in [5, 5.41) is 4.48. The fraction of sp³-hybridized carbons (Fsp3) is 0.733. The quantitative estimate of drug-likeness (QED) is 0.591. The van der Waals surface area contributed by atoms with E-state index in [1.807, 2.05) is 11.8 Å². The topological polar surface area (TPSA) is 37.8 Å². The Balaban J connectivity index is 2.93. The molecule has 1 N–H and O–H groups in total. The standard InChI is InChI=1S/C15H27N3S/c1-7-16-14-12(6)15(19-9-8-10(2)3)18-13(17-14)11(4)5/h10-11H,7-9H2,1-6H3,(H,16,17,18). The Labute approximate surface area is 122 Å². The summed E-state index contributed by atoms with van der Waals surface area (Å²) in [6, 6.07) is 0. The van der Waals surface area contributed by atoms with Crippen molar-refractivity contribution in [3.05, 3.63) is 11.4 Å². The van der Waals surface area contributed by atoms with Crippen LogP contribution in [-0.2, 0) is 0 Å². The number of anilines is 1. The van der Waals surface area contributed by atoms with Crippen LogP contribution in [0.1, 0.15) is 58.3 Å². The van der Waals surface area contributed by atoms with Crippen molar-refractivity contribution < 1.29 is 0 Å².